The minimum atomic E-state index is -3.80. The summed E-state index contributed by atoms with van der Waals surface area (Å²) in [7, 11) is -3.80. The molecule has 0 aliphatic heterocycles. The molecule has 0 saturated carbocycles. The van der Waals surface area contributed by atoms with Gasteiger partial charge in [0.05, 0.1) is 10.5 Å². The third-order valence-corrected chi connectivity index (χ3v) is 5.07. The second kappa shape index (κ2) is 7.93. The summed E-state index contributed by atoms with van der Waals surface area (Å²) >= 11 is 2.01. The molecular formula is C16H15IN2O5S. The summed E-state index contributed by atoms with van der Waals surface area (Å²) in [6.07, 6.45) is -1.03. The SMILES string of the molecule is CC(OC(=O)c1ccccc1I)C(=O)Nc1ccc(S(N)(=O)=O)cc1. The minimum absolute atomic E-state index is 0.0661. The second-order valence-electron chi connectivity index (χ2n) is 5.09. The van der Waals surface area contributed by atoms with E-state index in [-0.39, 0.29) is 4.90 Å². The lowest BCUT2D eigenvalue weighted by Gasteiger charge is -2.14. The Balaban J connectivity index is 2.01. The van der Waals surface area contributed by atoms with Crippen molar-refractivity contribution in [2.24, 2.45) is 5.14 Å². The highest BCUT2D eigenvalue weighted by molar-refractivity contribution is 14.1. The van der Waals surface area contributed by atoms with Crippen LogP contribution in [0.15, 0.2) is 53.4 Å². The molecule has 1 unspecified atom stereocenters. The van der Waals surface area contributed by atoms with E-state index in [9.17, 15) is 18.0 Å². The normalized spacial score (nSPS) is 12.3. The van der Waals surface area contributed by atoms with Gasteiger partial charge in [-0.1, -0.05) is 12.1 Å². The maximum absolute atomic E-state index is 12.1. The number of carbonyl (C=O) groups is 2. The Morgan fingerprint density at radius 1 is 1.12 bits per heavy atom. The lowest BCUT2D eigenvalue weighted by molar-refractivity contribution is -0.123. The van der Waals surface area contributed by atoms with E-state index in [0.29, 0.717) is 11.3 Å². The van der Waals surface area contributed by atoms with Gasteiger partial charge in [-0.2, -0.15) is 0 Å². The standard InChI is InChI=1S/C16H15IN2O5S/c1-10(24-16(21)13-4-2-3-5-14(13)17)15(20)19-11-6-8-12(9-7-11)25(18,22)23/h2-10H,1H3,(H,19,20)(H2,18,22,23). The third-order valence-electron chi connectivity index (χ3n) is 3.20. The molecule has 0 aromatic heterocycles. The van der Waals surface area contributed by atoms with E-state index in [2.05, 4.69) is 5.32 Å². The van der Waals surface area contributed by atoms with Crippen LogP contribution in [-0.4, -0.2) is 26.4 Å². The maximum Gasteiger partial charge on any atom is 0.339 e. The van der Waals surface area contributed by atoms with Crippen LogP contribution in [0.3, 0.4) is 0 Å². The highest BCUT2D eigenvalue weighted by Crippen LogP contribution is 2.15. The van der Waals surface area contributed by atoms with E-state index >= 15 is 0 Å². The van der Waals surface area contributed by atoms with Crippen LogP contribution in [0.5, 0.6) is 0 Å². The van der Waals surface area contributed by atoms with Gasteiger partial charge >= 0.3 is 5.97 Å². The van der Waals surface area contributed by atoms with Crippen molar-refractivity contribution in [1.82, 2.24) is 0 Å². The lowest BCUT2D eigenvalue weighted by Crippen LogP contribution is -2.30. The number of benzene rings is 2. The number of esters is 1. The predicted molar refractivity (Wildman–Crippen MR) is 100 cm³/mol. The second-order valence-corrected chi connectivity index (χ2v) is 7.81. The van der Waals surface area contributed by atoms with Crippen molar-refractivity contribution in [2.45, 2.75) is 17.9 Å². The number of anilines is 1. The van der Waals surface area contributed by atoms with E-state index in [1.807, 2.05) is 22.6 Å². The van der Waals surface area contributed by atoms with Gasteiger partial charge in [0.25, 0.3) is 5.91 Å². The summed E-state index contributed by atoms with van der Waals surface area (Å²) in [5.74, 6) is -1.14. The first-order valence-electron chi connectivity index (χ1n) is 7.07. The van der Waals surface area contributed by atoms with Crippen molar-refractivity contribution in [3.05, 3.63) is 57.7 Å². The van der Waals surface area contributed by atoms with Gasteiger partial charge in [-0.15, -0.1) is 0 Å². The van der Waals surface area contributed by atoms with Gasteiger partial charge in [-0.3, -0.25) is 4.79 Å². The van der Waals surface area contributed by atoms with Crippen molar-refractivity contribution in [3.8, 4) is 0 Å². The first kappa shape index (κ1) is 19.3. The zero-order valence-electron chi connectivity index (χ0n) is 13.1. The number of nitrogens with two attached hydrogens (primary N) is 1. The lowest BCUT2D eigenvalue weighted by atomic mass is 10.2. The number of hydrogen-bond acceptors (Lipinski definition) is 5. The van der Waals surface area contributed by atoms with Crippen LogP contribution in [0.2, 0.25) is 0 Å². The van der Waals surface area contributed by atoms with Crippen molar-refractivity contribution in [3.63, 3.8) is 0 Å². The number of carbonyl (C=O) groups excluding carboxylic acids is 2. The van der Waals surface area contributed by atoms with Crippen LogP contribution < -0.4 is 10.5 Å². The molecular weight excluding hydrogens is 459 g/mol. The fourth-order valence-corrected chi connectivity index (χ4v) is 3.00. The number of hydrogen-bond donors (Lipinski definition) is 2. The van der Waals surface area contributed by atoms with Crippen molar-refractivity contribution < 1.29 is 22.7 Å². The Morgan fingerprint density at radius 3 is 2.28 bits per heavy atom. The molecule has 0 fully saturated rings. The fourth-order valence-electron chi connectivity index (χ4n) is 1.88. The van der Waals surface area contributed by atoms with Crippen LogP contribution >= 0.6 is 22.6 Å². The van der Waals surface area contributed by atoms with Gasteiger partial charge in [-0.25, -0.2) is 18.4 Å². The highest BCUT2D eigenvalue weighted by atomic mass is 127. The molecule has 0 spiro atoms. The van der Waals surface area contributed by atoms with Gasteiger partial charge in [0.1, 0.15) is 0 Å². The van der Waals surface area contributed by atoms with E-state index in [1.54, 1.807) is 24.3 Å². The van der Waals surface area contributed by atoms with Gasteiger partial charge in [0.15, 0.2) is 6.10 Å². The van der Waals surface area contributed by atoms with Gasteiger partial charge in [0.2, 0.25) is 10.0 Å². The third kappa shape index (κ3) is 5.25. The topological polar surface area (TPSA) is 116 Å². The molecule has 9 heteroatoms. The Labute approximate surface area is 158 Å². The Bertz CT molecular complexity index is 897. The van der Waals surface area contributed by atoms with E-state index in [4.69, 9.17) is 9.88 Å². The summed E-state index contributed by atoms with van der Waals surface area (Å²) in [6.45, 7) is 1.45. The van der Waals surface area contributed by atoms with Crippen molar-refractivity contribution in [1.29, 1.82) is 0 Å². The monoisotopic (exact) mass is 474 g/mol. The number of sulfonamides is 1. The summed E-state index contributed by atoms with van der Waals surface area (Å²) in [5, 5.41) is 7.54. The molecule has 2 aromatic rings. The molecule has 0 bridgehead atoms. The first-order valence-corrected chi connectivity index (χ1v) is 9.70. The average molecular weight is 474 g/mol. The first-order chi connectivity index (χ1) is 11.7. The van der Waals surface area contributed by atoms with Crippen LogP contribution in [0, 0.1) is 3.57 Å². The molecule has 132 valence electrons. The average Bonchev–Trinajstić information content (AvgIpc) is 2.54. The summed E-state index contributed by atoms with van der Waals surface area (Å²) < 4.78 is 28.3. The maximum atomic E-state index is 12.1. The number of primary sulfonamides is 1. The molecule has 0 radical (unpaired) electrons. The largest absolute Gasteiger partial charge is 0.449 e. The minimum Gasteiger partial charge on any atom is -0.449 e. The molecule has 0 heterocycles. The zero-order chi connectivity index (χ0) is 18.6. The molecule has 2 rings (SSSR count). The number of nitrogens with one attached hydrogen (secondary N) is 1. The fraction of sp³-hybridized carbons (Fsp3) is 0.125. The molecule has 1 amide bonds. The van der Waals surface area contributed by atoms with Crippen molar-refractivity contribution >= 4 is 50.2 Å². The quantitative estimate of drug-likeness (QED) is 0.509. The summed E-state index contributed by atoms with van der Waals surface area (Å²) in [6, 6.07) is 12.2. The highest BCUT2D eigenvalue weighted by Gasteiger charge is 2.20. The van der Waals surface area contributed by atoms with Crippen LogP contribution in [0.4, 0.5) is 5.69 Å². The molecule has 0 aliphatic rings. The molecule has 0 saturated heterocycles. The van der Waals surface area contributed by atoms with Gasteiger partial charge < -0.3 is 10.1 Å². The molecule has 0 aliphatic carbocycles. The van der Waals surface area contributed by atoms with E-state index < -0.39 is 28.0 Å². The van der Waals surface area contributed by atoms with E-state index in [1.165, 1.54) is 31.2 Å². The molecule has 2 aromatic carbocycles. The summed E-state index contributed by atoms with van der Waals surface area (Å²) in [4.78, 5) is 24.1. The number of rotatable bonds is 5. The van der Waals surface area contributed by atoms with Crippen molar-refractivity contribution in [2.75, 3.05) is 5.32 Å². The molecule has 1 atom stereocenters. The zero-order valence-corrected chi connectivity index (χ0v) is 16.1. The molecule has 7 nitrogen and oxygen atoms in total. The molecule has 25 heavy (non-hydrogen) atoms. The molecule has 3 N–H and O–H groups in total. The Hall–Kier alpha value is -1.98. The number of ether oxygens (including phenoxy) is 1. The number of amides is 1. The van der Waals surface area contributed by atoms with Crippen LogP contribution in [0.1, 0.15) is 17.3 Å². The Morgan fingerprint density at radius 2 is 1.72 bits per heavy atom. The predicted octanol–water partition coefficient (Wildman–Crippen LogP) is 2.12. The summed E-state index contributed by atoms with van der Waals surface area (Å²) in [5.41, 5.74) is 0.731. The smallest absolute Gasteiger partial charge is 0.339 e. The van der Waals surface area contributed by atoms with Gasteiger partial charge in [-0.05, 0) is 65.9 Å². The number of halogens is 1. The van der Waals surface area contributed by atoms with E-state index in [0.717, 1.165) is 3.57 Å². The Kier molecular flexibility index (Phi) is 6.14. The van der Waals surface area contributed by atoms with Crippen LogP contribution in [-0.2, 0) is 19.6 Å². The van der Waals surface area contributed by atoms with Crippen LogP contribution in [0.25, 0.3) is 0 Å². The van der Waals surface area contributed by atoms with Gasteiger partial charge in [0, 0.05) is 9.26 Å².